The number of H-pyrrole nitrogens is 1. The van der Waals surface area contributed by atoms with Crippen molar-refractivity contribution in [1.82, 2.24) is 4.98 Å². The Morgan fingerprint density at radius 1 is 1.29 bits per heavy atom. The third-order valence-electron chi connectivity index (χ3n) is 2.34. The van der Waals surface area contributed by atoms with Crippen LogP contribution in [0.5, 0.6) is 0 Å². The van der Waals surface area contributed by atoms with Gasteiger partial charge in [-0.15, -0.1) is 0 Å². The van der Waals surface area contributed by atoms with Gasteiger partial charge in [0.1, 0.15) is 0 Å². The Labute approximate surface area is 102 Å². The second kappa shape index (κ2) is 4.43. The molecule has 2 N–H and O–H groups in total. The number of benzene rings is 1. The van der Waals surface area contributed by atoms with Gasteiger partial charge in [0.15, 0.2) is 6.29 Å². The summed E-state index contributed by atoms with van der Waals surface area (Å²) in [7, 11) is 0. The number of aromatic nitrogens is 1. The van der Waals surface area contributed by atoms with Crippen LogP contribution < -0.4 is 0 Å². The molecule has 0 amide bonds. The van der Waals surface area contributed by atoms with Gasteiger partial charge in [-0.1, -0.05) is 17.7 Å². The fourth-order valence-electron chi connectivity index (χ4n) is 1.51. The monoisotopic (exact) mass is 249 g/mol. The molecule has 0 saturated carbocycles. The molecule has 86 valence electrons. The van der Waals surface area contributed by atoms with E-state index >= 15 is 0 Å². The average molecular weight is 250 g/mol. The van der Waals surface area contributed by atoms with Crippen molar-refractivity contribution in [1.29, 1.82) is 0 Å². The topological polar surface area (TPSA) is 70.2 Å². The third kappa shape index (κ3) is 2.21. The lowest BCUT2D eigenvalue weighted by atomic mass is 10.1. The molecular weight excluding hydrogens is 242 g/mol. The molecule has 0 spiro atoms. The van der Waals surface area contributed by atoms with Gasteiger partial charge in [-0.2, -0.15) is 0 Å². The number of carboxylic acids is 1. The molecule has 5 heteroatoms. The maximum absolute atomic E-state index is 10.9. The molecule has 0 unspecified atom stereocenters. The first-order valence-corrected chi connectivity index (χ1v) is 5.17. The molecule has 0 aliphatic heterocycles. The Hall–Kier alpha value is -2.07. The predicted octanol–water partition coefficient (Wildman–Crippen LogP) is 2.85. The van der Waals surface area contributed by atoms with Crippen LogP contribution in [-0.2, 0) is 0 Å². The molecule has 0 aliphatic carbocycles. The first-order chi connectivity index (χ1) is 8.11. The number of carbonyl (C=O) groups excluding carboxylic acids is 1. The van der Waals surface area contributed by atoms with Gasteiger partial charge in [0.2, 0.25) is 0 Å². The van der Waals surface area contributed by atoms with Gasteiger partial charge in [-0.05, 0) is 29.8 Å². The average Bonchev–Trinajstić information content (AvgIpc) is 2.78. The molecule has 0 radical (unpaired) electrons. The zero-order valence-electron chi connectivity index (χ0n) is 8.61. The summed E-state index contributed by atoms with van der Waals surface area (Å²) < 4.78 is 0. The molecule has 4 nitrogen and oxygen atoms in total. The van der Waals surface area contributed by atoms with Crippen LogP contribution in [0.2, 0.25) is 5.02 Å². The Kier molecular flexibility index (Phi) is 2.97. The number of aromatic amines is 1. The van der Waals surface area contributed by atoms with E-state index in [1.807, 2.05) is 0 Å². The summed E-state index contributed by atoms with van der Waals surface area (Å²) >= 11 is 5.76. The predicted molar refractivity (Wildman–Crippen MR) is 63.6 cm³/mol. The van der Waals surface area contributed by atoms with Gasteiger partial charge in [0.05, 0.1) is 16.3 Å². The van der Waals surface area contributed by atoms with E-state index in [0.29, 0.717) is 23.2 Å². The van der Waals surface area contributed by atoms with Crippen LogP contribution in [0.3, 0.4) is 0 Å². The van der Waals surface area contributed by atoms with E-state index in [2.05, 4.69) is 4.98 Å². The normalized spacial score (nSPS) is 10.2. The van der Waals surface area contributed by atoms with Gasteiger partial charge in [0, 0.05) is 5.69 Å². The van der Waals surface area contributed by atoms with Crippen molar-refractivity contribution in [3.05, 3.63) is 46.6 Å². The molecular formula is C12H8ClNO3. The standard InChI is InChI=1S/C12H8ClNO3/c13-10-3-1-7(5-9(10)12(16)17)11-4-2-8(6-15)14-11/h1-6,14H,(H,16,17). The smallest absolute Gasteiger partial charge is 0.337 e. The van der Waals surface area contributed by atoms with Crippen LogP contribution in [0.15, 0.2) is 30.3 Å². The highest BCUT2D eigenvalue weighted by atomic mass is 35.5. The quantitative estimate of drug-likeness (QED) is 0.822. The van der Waals surface area contributed by atoms with E-state index in [1.54, 1.807) is 18.2 Å². The van der Waals surface area contributed by atoms with Crippen molar-refractivity contribution in [2.24, 2.45) is 0 Å². The number of hydrogen-bond donors (Lipinski definition) is 2. The van der Waals surface area contributed by atoms with Crippen molar-refractivity contribution >= 4 is 23.9 Å². The highest BCUT2D eigenvalue weighted by Gasteiger charge is 2.10. The molecule has 17 heavy (non-hydrogen) atoms. The van der Waals surface area contributed by atoms with Crippen LogP contribution in [0.25, 0.3) is 11.3 Å². The lowest BCUT2D eigenvalue weighted by Crippen LogP contribution is -1.97. The zero-order valence-corrected chi connectivity index (χ0v) is 9.36. The molecule has 2 aromatic rings. The molecule has 2 rings (SSSR count). The van der Waals surface area contributed by atoms with E-state index in [4.69, 9.17) is 16.7 Å². The Bertz CT molecular complexity index is 589. The molecule has 0 atom stereocenters. The van der Waals surface area contributed by atoms with Crippen LogP contribution in [0.4, 0.5) is 0 Å². The summed E-state index contributed by atoms with van der Waals surface area (Å²) in [5.74, 6) is -1.08. The summed E-state index contributed by atoms with van der Waals surface area (Å²) in [4.78, 5) is 24.3. The Morgan fingerprint density at radius 3 is 2.65 bits per heavy atom. The summed E-state index contributed by atoms with van der Waals surface area (Å²) in [5, 5.41) is 9.12. The fraction of sp³-hybridized carbons (Fsp3) is 0. The number of carboxylic acid groups (broad SMARTS) is 1. The van der Waals surface area contributed by atoms with Crippen molar-refractivity contribution in [2.45, 2.75) is 0 Å². The fourth-order valence-corrected chi connectivity index (χ4v) is 1.70. The van der Waals surface area contributed by atoms with Gasteiger partial charge in [0.25, 0.3) is 0 Å². The second-order valence-electron chi connectivity index (χ2n) is 3.44. The molecule has 0 fully saturated rings. The van der Waals surface area contributed by atoms with Gasteiger partial charge in [-0.3, -0.25) is 4.79 Å². The van der Waals surface area contributed by atoms with Crippen LogP contribution in [-0.4, -0.2) is 22.3 Å². The van der Waals surface area contributed by atoms with E-state index < -0.39 is 5.97 Å². The number of halogens is 1. The number of rotatable bonds is 3. The third-order valence-corrected chi connectivity index (χ3v) is 2.67. The number of aromatic carboxylic acids is 1. The van der Waals surface area contributed by atoms with Gasteiger partial charge >= 0.3 is 5.97 Å². The molecule has 1 heterocycles. The number of carbonyl (C=O) groups is 2. The van der Waals surface area contributed by atoms with Crippen molar-refractivity contribution in [3.8, 4) is 11.3 Å². The maximum atomic E-state index is 10.9. The second-order valence-corrected chi connectivity index (χ2v) is 3.85. The van der Waals surface area contributed by atoms with Gasteiger partial charge < -0.3 is 10.1 Å². The Morgan fingerprint density at radius 2 is 2.06 bits per heavy atom. The highest BCUT2D eigenvalue weighted by Crippen LogP contribution is 2.24. The minimum atomic E-state index is -1.08. The number of aldehydes is 1. The van der Waals surface area contributed by atoms with Crippen LogP contribution in [0.1, 0.15) is 20.8 Å². The van der Waals surface area contributed by atoms with E-state index in [9.17, 15) is 9.59 Å². The summed E-state index contributed by atoms with van der Waals surface area (Å²) in [5.41, 5.74) is 1.81. The summed E-state index contributed by atoms with van der Waals surface area (Å²) in [6.45, 7) is 0. The summed E-state index contributed by atoms with van der Waals surface area (Å²) in [6.07, 6.45) is 0.692. The molecule has 0 saturated heterocycles. The molecule has 0 bridgehead atoms. The first-order valence-electron chi connectivity index (χ1n) is 4.79. The highest BCUT2D eigenvalue weighted by molar-refractivity contribution is 6.33. The number of hydrogen-bond acceptors (Lipinski definition) is 2. The maximum Gasteiger partial charge on any atom is 0.337 e. The lowest BCUT2D eigenvalue weighted by molar-refractivity contribution is 0.0697. The minimum absolute atomic E-state index is 0.0337. The first kappa shape index (κ1) is 11.4. The number of nitrogens with one attached hydrogen (secondary N) is 1. The lowest BCUT2D eigenvalue weighted by Gasteiger charge is -2.02. The zero-order chi connectivity index (χ0) is 12.4. The van der Waals surface area contributed by atoms with Crippen molar-refractivity contribution in [3.63, 3.8) is 0 Å². The SMILES string of the molecule is O=Cc1ccc(-c2ccc(Cl)c(C(=O)O)c2)[nH]1. The van der Waals surface area contributed by atoms with Gasteiger partial charge in [-0.25, -0.2) is 4.79 Å². The van der Waals surface area contributed by atoms with Crippen LogP contribution >= 0.6 is 11.6 Å². The Balaban J connectivity index is 2.49. The largest absolute Gasteiger partial charge is 0.478 e. The molecule has 0 aliphatic rings. The van der Waals surface area contributed by atoms with Crippen molar-refractivity contribution in [2.75, 3.05) is 0 Å². The van der Waals surface area contributed by atoms with E-state index in [0.717, 1.165) is 0 Å². The summed E-state index contributed by atoms with van der Waals surface area (Å²) in [6, 6.07) is 8.00. The molecule has 1 aromatic heterocycles. The molecule has 1 aromatic carbocycles. The van der Waals surface area contributed by atoms with Crippen molar-refractivity contribution < 1.29 is 14.7 Å². The minimum Gasteiger partial charge on any atom is -0.478 e. The van der Waals surface area contributed by atoms with E-state index in [-0.39, 0.29) is 10.6 Å². The van der Waals surface area contributed by atoms with E-state index in [1.165, 1.54) is 12.1 Å². The van der Waals surface area contributed by atoms with Crippen LogP contribution in [0, 0.1) is 0 Å².